The standard InChI is InChI=1S/C36H25O5S.2K.H2O/c37-30-12-6-27(7-13-30)29-10-16-32(17-11-29)41-34-20-24-36(25-21-34)42(38,39)35-22-18-33(19-23-35)40-31-14-8-28(9-15-31)26-4-2-1-3-5-26;;;/h2-25,37H;;;1H2/q-1;2*+1;/p-2. The Labute approximate surface area is 348 Å². The molecule has 0 fully saturated rings. The van der Waals surface area contributed by atoms with E-state index in [4.69, 9.17) is 9.47 Å². The van der Waals surface area contributed by atoms with Gasteiger partial charge in [-0.05, 0) is 89.5 Å². The molecule has 6 aromatic carbocycles. The van der Waals surface area contributed by atoms with Crippen molar-refractivity contribution in [3.8, 4) is 51.0 Å². The Bertz CT molecular complexity index is 1900. The van der Waals surface area contributed by atoms with E-state index in [0.717, 1.165) is 22.3 Å². The number of ether oxygens (including phenoxy) is 2. The number of benzene rings is 6. The van der Waals surface area contributed by atoms with Crippen LogP contribution in [0.15, 0.2) is 155 Å². The SMILES string of the molecule is O=S(=O)(c1ccc(Oc2ccc(-c3cc[c-]cc3)cc2)cc1)c1ccc(Oc2ccc(-c3ccc([O-])cc3)cc2)cc1.[K+].[K+].[OH-]. The van der Waals surface area contributed by atoms with E-state index >= 15 is 0 Å². The van der Waals surface area contributed by atoms with Crippen LogP contribution in [-0.4, -0.2) is 13.9 Å². The molecular weight excluding hydrogens is 639 g/mol. The zero-order valence-corrected chi connectivity index (χ0v) is 31.8. The van der Waals surface area contributed by atoms with Crippen LogP contribution in [0, 0.1) is 6.07 Å². The van der Waals surface area contributed by atoms with Crippen LogP contribution in [0.4, 0.5) is 0 Å². The van der Waals surface area contributed by atoms with Gasteiger partial charge in [-0.1, -0.05) is 48.5 Å². The number of hydrogen-bond donors (Lipinski definition) is 0. The largest absolute Gasteiger partial charge is 1.00 e. The third-order valence-electron chi connectivity index (χ3n) is 6.69. The van der Waals surface area contributed by atoms with Gasteiger partial charge >= 0.3 is 103 Å². The molecule has 0 saturated heterocycles. The predicted molar refractivity (Wildman–Crippen MR) is 162 cm³/mol. The second-order valence-electron chi connectivity index (χ2n) is 9.51. The van der Waals surface area contributed by atoms with Crippen LogP contribution in [0.3, 0.4) is 0 Å². The van der Waals surface area contributed by atoms with Crippen molar-refractivity contribution in [2.75, 3.05) is 0 Å². The first-order valence-electron chi connectivity index (χ1n) is 13.2. The summed E-state index contributed by atoms with van der Waals surface area (Å²) < 4.78 is 38.3. The second kappa shape index (κ2) is 17.2. The van der Waals surface area contributed by atoms with E-state index in [1.54, 1.807) is 36.4 Å². The summed E-state index contributed by atoms with van der Waals surface area (Å²) in [6.45, 7) is 0. The molecule has 0 bridgehead atoms. The van der Waals surface area contributed by atoms with Crippen LogP contribution < -0.4 is 117 Å². The van der Waals surface area contributed by atoms with Crippen molar-refractivity contribution in [3.63, 3.8) is 0 Å². The van der Waals surface area contributed by atoms with Gasteiger partial charge in [0, 0.05) is 0 Å². The molecule has 45 heavy (non-hydrogen) atoms. The number of rotatable bonds is 8. The fourth-order valence-electron chi connectivity index (χ4n) is 4.44. The van der Waals surface area contributed by atoms with Crippen molar-refractivity contribution in [2.45, 2.75) is 9.79 Å². The maximum Gasteiger partial charge on any atom is 1.00 e. The zero-order valence-electron chi connectivity index (χ0n) is 24.8. The Balaban J connectivity index is 0.00000184. The minimum absolute atomic E-state index is 0. The predicted octanol–water partition coefficient (Wildman–Crippen LogP) is 2.14. The van der Waals surface area contributed by atoms with Crippen LogP contribution in [0.2, 0.25) is 0 Å². The molecule has 1 N–H and O–H groups in total. The molecule has 0 saturated carbocycles. The van der Waals surface area contributed by atoms with E-state index in [9.17, 15) is 13.5 Å². The average molecular weight is 664 g/mol. The summed E-state index contributed by atoms with van der Waals surface area (Å²) in [5.41, 5.74) is 4.05. The van der Waals surface area contributed by atoms with Crippen LogP contribution >= 0.6 is 0 Å². The van der Waals surface area contributed by atoms with E-state index in [-0.39, 0.29) is 124 Å². The molecule has 6 aromatic rings. The molecule has 0 aliphatic carbocycles. The first-order valence-corrected chi connectivity index (χ1v) is 14.7. The summed E-state index contributed by atoms with van der Waals surface area (Å²) >= 11 is 0. The molecule has 0 aliphatic rings. The van der Waals surface area contributed by atoms with E-state index in [2.05, 4.69) is 6.07 Å². The van der Waals surface area contributed by atoms with E-state index in [1.807, 2.05) is 72.8 Å². The van der Waals surface area contributed by atoms with Gasteiger partial charge in [-0.3, -0.25) is 0 Å². The van der Waals surface area contributed by atoms with Gasteiger partial charge in [0.05, 0.1) is 9.79 Å². The molecule has 9 heteroatoms. The monoisotopic (exact) mass is 663 g/mol. The van der Waals surface area contributed by atoms with Gasteiger partial charge in [0.2, 0.25) is 9.84 Å². The van der Waals surface area contributed by atoms with Crippen molar-refractivity contribution in [3.05, 3.63) is 152 Å². The minimum Gasteiger partial charge on any atom is -0.872 e. The first-order chi connectivity index (χ1) is 20.4. The van der Waals surface area contributed by atoms with E-state index in [1.165, 1.54) is 36.4 Å². The van der Waals surface area contributed by atoms with Crippen molar-refractivity contribution in [1.29, 1.82) is 0 Å². The smallest absolute Gasteiger partial charge is 0.872 e. The third-order valence-corrected chi connectivity index (χ3v) is 8.47. The molecule has 0 spiro atoms. The summed E-state index contributed by atoms with van der Waals surface area (Å²) in [5, 5.41) is 11.3. The topological polar surface area (TPSA) is 106 Å². The van der Waals surface area contributed by atoms with Crippen LogP contribution in [0.25, 0.3) is 22.3 Å². The van der Waals surface area contributed by atoms with Gasteiger partial charge in [0.25, 0.3) is 0 Å². The Morgan fingerprint density at radius 3 is 1.09 bits per heavy atom. The van der Waals surface area contributed by atoms with Crippen molar-refractivity contribution < 1.29 is 131 Å². The molecule has 0 radical (unpaired) electrons. The zero-order chi connectivity index (χ0) is 28.9. The number of sulfone groups is 1. The molecule has 0 aromatic heterocycles. The van der Waals surface area contributed by atoms with Gasteiger partial charge in [0.1, 0.15) is 23.0 Å². The van der Waals surface area contributed by atoms with Gasteiger partial charge < -0.3 is 20.1 Å². The van der Waals surface area contributed by atoms with Crippen molar-refractivity contribution in [1.82, 2.24) is 0 Å². The van der Waals surface area contributed by atoms with E-state index < -0.39 is 9.84 Å². The first kappa shape index (κ1) is 37.4. The van der Waals surface area contributed by atoms with Crippen LogP contribution in [0.1, 0.15) is 0 Å². The fraction of sp³-hybridized carbons (Fsp3) is 0. The molecule has 0 amide bonds. The van der Waals surface area contributed by atoms with Gasteiger partial charge in [-0.2, -0.15) is 30.3 Å². The molecule has 6 rings (SSSR count). The van der Waals surface area contributed by atoms with Crippen LogP contribution in [0.5, 0.6) is 28.7 Å². The van der Waals surface area contributed by atoms with Crippen molar-refractivity contribution >= 4 is 9.84 Å². The van der Waals surface area contributed by atoms with Crippen LogP contribution in [-0.2, 0) is 9.84 Å². The maximum absolute atomic E-state index is 13.2. The molecule has 0 atom stereocenters. The molecular formula is C36H25K2O6S-. The third kappa shape index (κ3) is 9.48. The van der Waals surface area contributed by atoms with Gasteiger partial charge in [0.15, 0.2) is 0 Å². The quantitative estimate of drug-likeness (QED) is 0.183. The molecule has 0 aliphatic heterocycles. The molecule has 0 unspecified atom stereocenters. The summed E-state index contributed by atoms with van der Waals surface area (Å²) in [6, 6.07) is 45.2. The Morgan fingerprint density at radius 1 is 0.444 bits per heavy atom. The summed E-state index contributed by atoms with van der Waals surface area (Å²) in [4.78, 5) is 0.329. The van der Waals surface area contributed by atoms with Gasteiger partial charge in [-0.25, -0.2) is 8.42 Å². The number of hydrogen-bond acceptors (Lipinski definition) is 6. The fourth-order valence-corrected chi connectivity index (χ4v) is 5.70. The Morgan fingerprint density at radius 2 is 0.733 bits per heavy atom. The Hall–Kier alpha value is -2.10. The summed E-state index contributed by atoms with van der Waals surface area (Å²) in [6.07, 6.45) is 0. The molecule has 0 heterocycles. The summed E-state index contributed by atoms with van der Waals surface area (Å²) in [7, 11) is -3.73. The normalized spacial score (nSPS) is 10.4. The molecule has 6 nitrogen and oxygen atoms in total. The maximum atomic E-state index is 13.2. The van der Waals surface area contributed by atoms with E-state index in [0.29, 0.717) is 23.0 Å². The Kier molecular flexibility index (Phi) is 14.3. The molecule has 214 valence electrons. The average Bonchev–Trinajstić information content (AvgIpc) is 3.03. The second-order valence-corrected chi connectivity index (χ2v) is 11.5. The van der Waals surface area contributed by atoms with Gasteiger partial charge in [-0.15, -0.1) is 11.3 Å². The minimum atomic E-state index is -3.73. The van der Waals surface area contributed by atoms with Crippen molar-refractivity contribution in [2.24, 2.45) is 0 Å². The summed E-state index contributed by atoms with van der Waals surface area (Å²) in [5.74, 6) is 2.28.